The summed E-state index contributed by atoms with van der Waals surface area (Å²) in [6.07, 6.45) is 2.23. The third-order valence-corrected chi connectivity index (χ3v) is 3.38. The second-order valence-electron chi connectivity index (χ2n) is 6.11. The Labute approximate surface area is 99.4 Å². The fourth-order valence-corrected chi connectivity index (χ4v) is 1.77. The van der Waals surface area contributed by atoms with Crippen LogP contribution in [0, 0.1) is 11.3 Å². The molecule has 0 aromatic rings. The van der Waals surface area contributed by atoms with Crippen LogP contribution in [0.1, 0.15) is 47.5 Å². The second kappa shape index (κ2) is 5.17. The van der Waals surface area contributed by atoms with Gasteiger partial charge in [0.1, 0.15) is 0 Å². The van der Waals surface area contributed by atoms with Crippen LogP contribution in [0.4, 0.5) is 0 Å². The maximum Gasteiger partial charge on any atom is 0.236 e. The summed E-state index contributed by atoms with van der Waals surface area (Å²) in [6, 6.07) is 0.442. The monoisotopic (exact) mass is 226 g/mol. The number of rotatable bonds is 6. The summed E-state index contributed by atoms with van der Waals surface area (Å²) in [5, 5.41) is 6.34. The molecule has 2 atom stereocenters. The van der Waals surface area contributed by atoms with Crippen LogP contribution in [-0.2, 0) is 4.79 Å². The Balaban J connectivity index is 2.16. The van der Waals surface area contributed by atoms with E-state index in [1.807, 2.05) is 6.92 Å². The second-order valence-corrected chi connectivity index (χ2v) is 6.11. The van der Waals surface area contributed by atoms with Gasteiger partial charge in [-0.25, -0.2) is 0 Å². The number of carbonyl (C=O) groups excluding carboxylic acids is 1. The average molecular weight is 226 g/mol. The zero-order chi connectivity index (χ0) is 12.3. The first-order valence-corrected chi connectivity index (χ1v) is 6.36. The van der Waals surface area contributed by atoms with Crippen LogP contribution < -0.4 is 10.6 Å². The lowest BCUT2D eigenvalue weighted by Crippen LogP contribution is -2.44. The first-order chi connectivity index (χ1) is 7.33. The minimum atomic E-state index is -0.0704. The molecule has 0 aromatic carbocycles. The normalized spacial score (nSPS) is 24.2. The van der Waals surface area contributed by atoms with Crippen molar-refractivity contribution in [3.63, 3.8) is 0 Å². The molecule has 94 valence electrons. The van der Waals surface area contributed by atoms with E-state index in [1.54, 1.807) is 0 Å². The molecule has 0 saturated heterocycles. The van der Waals surface area contributed by atoms with E-state index in [2.05, 4.69) is 38.3 Å². The molecule has 0 aromatic heterocycles. The molecular formula is C13H26N2O. The molecule has 2 N–H and O–H groups in total. The van der Waals surface area contributed by atoms with Crippen molar-refractivity contribution in [1.29, 1.82) is 0 Å². The minimum Gasteiger partial charge on any atom is -0.355 e. The fourth-order valence-electron chi connectivity index (χ4n) is 1.77. The highest BCUT2D eigenvalue weighted by Crippen LogP contribution is 2.44. The molecule has 1 rings (SSSR count). The van der Waals surface area contributed by atoms with E-state index in [0.29, 0.717) is 17.4 Å². The van der Waals surface area contributed by atoms with Gasteiger partial charge in [0.15, 0.2) is 0 Å². The number of amides is 1. The number of nitrogens with one attached hydrogen (secondary N) is 2. The quantitative estimate of drug-likeness (QED) is 0.726. The van der Waals surface area contributed by atoms with E-state index < -0.39 is 0 Å². The van der Waals surface area contributed by atoms with E-state index in [-0.39, 0.29) is 11.9 Å². The van der Waals surface area contributed by atoms with Gasteiger partial charge in [0.2, 0.25) is 5.91 Å². The van der Waals surface area contributed by atoms with Crippen molar-refractivity contribution in [3.05, 3.63) is 0 Å². The molecule has 0 radical (unpaired) electrons. The van der Waals surface area contributed by atoms with Gasteiger partial charge in [-0.15, -0.1) is 0 Å². The van der Waals surface area contributed by atoms with Crippen molar-refractivity contribution >= 4 is 5.91 Å². The Bertz CT molecular complexity index is 248. The number of hydrogen-bond donors (Lipinski definition) is 2. The van der Waals surface area contributed by atoms with Crippen LogP contribution in [0.25, 0.3) is 0 Å². The highest BCUT2D eigenvalue weighted by Gasteiger charge is 2.46. The van der Waals surface area contributed by atoms with Gasteiger partial charge in [-0.3, -0.25) is 4.79 Å². The SMILES string of the molecule is CC(C)CCNC(=O)C(C)NC1CC1(C)C. The predicted molar refractivity (Wildman–Crippen MR) is 67.2 cm³/mol. The Hall–Kier alpha value is -0.570. The predicted octanol–water partition coefficient (Wildman–Crippen LogP) is 1.93. The van der Waals surface area contributed by atoms with Gasteiger partial charge in [-0.2, -0.15) is 0 Å². The Morgan fingerprint density at radius 3 is 2.38 bits per heavy atom. The van der Waals surface area contributed by atoms with Gasteiger partial charge in [0, 0.05) is 12.6 Å². The number of carbonyl (C=O) groups is 1. The van der Waals surface area contributed by atoms with E-state index in [4.69, 9.17) is 0 Å². The molecule has 0 spiro atoms. The summed E-state index contributed by atoms with van der Waals surface area (Å²) in [5.74, 6) is 0.772. The maximum absolute atomic E-state index is 11.7. The molecule has 0 heterocycles. The van der Waals surface area contributed by atoms with Crippen LogP contribution in [-0.4, -0.2) is 24.5 Å². The highest BCUT2D eigenvalue weighted by molar-refractivity contribution is 5.81. The lowest BCUT2D eigenvalue weighted by molar-refractivity contribution is -0.122. The van der Waals surface area contributed by atoms with E-state index >= 15 is 0 Å². The topological polar surface area (TPSA) is 41.1 Å². The molecule has 1 amide bonds. The lowest BCUT2D eigenvalue weighted by Gasteiger charge is -2.15. The molecule has 1 aliphatic rings. The van der Waals surface area contributed by atoms with Crippen molar-refractivity contribution < 1.29 is 4.79 Å². The Morgan fingerprint density at radius 1 is 1.38 bits per heavy atom. The van der Waals surface area contributed by atoms with Gasteiger partial charge in [0.25, 0.3) is 0 Å². The summed E-state index contributed by atoms with van der Waals surface area (Å²) in [4.78, 5) is 11.7. The van der Waals surface area contributed by atoms with Crippen molar-refractivity contribution in [1.82, 2.24) is 10.6 Å². The molecule has 0 bridgehead atoms. The van der Waals surface area contributed by atoms with Crippen molar-refractivity contribution in [2.45, 2.75) is 59.5 Å². The molecular weight excluding hydrogens is 200 g/mol. The van der Waals surface area contributed by atoms with Gasteiger partial charge < -0.3 is 10.6 Å². The fraction of sp³-hybridized carbons (Fsp3) is 0.923. The molecule has 3 nitrogen and oxygen atoms in total. The zero-order valence-corrected chi connectivity index (χ0v) is 11.3. The lowest BCUT2D eigenvalue weighted by atomic mass is 10.1. The molecule has 16 heavy (non-hydrogen) atoms. The number of hydrogen-bond acceptors (Lipinski definition) is 2. The first kappa shape index (κ1) is 13.5. The molecule has 2 unspecified atom stereocenters. The molecule has 1 saturated carbocycles. The van der Waals surface area contributed by atoms with Gasteiger partial charge in [-0.05, 0) is 31.1 Å². The molecule has 0 aliphatic heterocycles. The highest BCUT2D eigenvalue weighted by atomic mass is 16.2. The third kappa shape index (κ3) is 4.12. The van der Waals surface area contributed by atoms with E-state index in [9.17, 15) is 4.79 Å². The summed E-state index contributed by atoms with van der Waals surface area (Å²) in [5.41, 5.74) is 0.381. The van der Waals surface area contributed by atoms with Gasteiger partial charge in [-0.1, -0.05) is 27.7 Å². The Morgan fingerprint density at radius 2 is 1.94 bits per heavy atom. The van der Waals surface area contributed by atoms with Crippen LogP contribution in [0.2, 0.25) is 0 Å². The molecule has 1 fully saturated rings. The van der Waals surface area contributed by atoms with Crippen molar-refractivity contribution in [2.24, 2.45) is 11.3 Å². The standard InChI is InChI=1S/C13H26N2O/c1-9(2)6-7-14-12(16)10(3)15-11-8-13(11,4)5/h9-11,15H,6-8H2,1-5H3,(H,14,16). The zero-order valence-electron chi connectivity index (χ0n) is 11.3. The van der Waals surface area contributed by atoms with E-state index in [1.165, 1.54) is 6.42 Å². The van der Waals surface area contributed by atoms with Crippen LogP contribution in [0.3, 0.4) is 0 Å². The van der Waals surface area contributed by atoms with Crippen LogP contribution in [0.15, 0.2) is 0 Å². The van der Waals surface area contributed by atoms with Crippen molar-refractivity contribution in [3.8, 4) is 0 Å². The summed E-state index contributed by atoms with van der Waals surface area (Å²) >= 11 is 0. The summed E-state index contributed by atoms with van der Waals surface area (Å²) in [6.45, 7) is 11.5. The summed E-state index contributed by atoms with van der Waals surface area (Å²) in [7, 11) is 0. The average Bonchev–Trinajstić information content (AvgIpc) is 2.72. The summed E-state index contributed by atoms with van der Waals surface area (Å²) < 4.78 is 0. The largest absolute Gasteiger partial charge is 0.355 e. The van der Waals surface area contributed by atoms with Crippen molar-refractivity contribution in [2.75, 3.05) is 6.54 Å². The molecule has 3 heteroatoms. The third-order valence-electron chi connectivity index (χ3n) is 3.38. The van der Waals surface area contributed by atoms with E-state index in [0.717, 1.165) is 13.0 Å². The molecule has 1 aliphatic carbocycles. The van der Waals surface area contributed by atoms with Gasteiger partial charge >= 0.3 is 0 Å². The van der Waals surface area contributed by atoms with Crippen LogP contribution >= 0.6 is 0 Å². The van der Waals surface area contributed by atoms with Crippen LogP contribution in [0.5, 0.6) is 0 Å². The maximum atomic E-state index is 11.7. The van der Waals surface area contributed by atoms with Gasteiger partial charge in [0.05, 0.1) is 6.04 Å². The Kier molecular flexibility index (Phi) is 4.36. The first-order valence-electron chi connectivity index (χ1n) is 6.36. The minimum absolute atomic E-state index is 0.0704. The smallest absolute Gasteiger partial charge is 0.236 e.